The molecule has 1 amide bonds. The number of nitrogens with one attached hydrogen (secondary N) is 1. The molecule has 0 aliphatic heterocycles. The minimum Gasteiger partial charge on any atom is -0.388 e. The van der Waals surface area contributed by atoms with E-state index in [0.29, 0.717) is 12.8 Å². The highest BCUT2D eigenvalue weighted by atomic mass is 32.1. The van der Waals surface area contributed by atoms with Crippen molar-refractivity contribution in [1.29, 1.82) is 0 Å². The first-order valence-electron chi connectivity index (χ1n) is 7.42. The van der Waals surface area contributed by atoms with Gasteiger partial charge in [-0.3, -0.25) is 4.79 Å². The molecule has 22 heavy (non-hydrogen) atoms. The molecule has 1 aliphatic rings. The van der Waals surface area contributed by atoms with E-state index in [-0.39, 0.29) is 12.5 Å². The fourth-order valence-corrected chi connectivity index (χ4v) is 3.42. The van der Waals surface area contributed by atoms with Crippen molar-refractivity contribution < 1.29 is 9.90 Å². The maximum atomic E-state index is 11.9. The summed E-state index contributed by atoms with van der Waals surface area (Å²) in [7, 11) is 0. The zero-order valence-corrected chi connectivity index (χ0v) is 13.1. The predicted molar refractivity (Wildman–Crippen MR) is 89.8 cm³/mol. The lowest BCUT2D eigenvalue weighted by Crippen LogP contribution is -2.46. The number of amides is 1. The Morgan fingerprint density at radius 1 is 1.32 bits per heavy atom. The third-order valence-electron chi connectivity index (χ3n) is 4.06. The Morgan fingerprint density at radius 2 is 2.14 bits per heavy atom. The van der Waals surface area contributed by atoms with Crippen LogP contribution in [0.15, 0.2) is 47.2 Å². The molecule has 0 radical (unpaired) electrons. The number of thiophene rings is 1. The van der Waals surface area contributed by atoms with Crippen molar-refractivity contribution in [2.45, 2.75) is 24.9 Å². The van der Waals surface area contributed by atoms with Crippen molar-refractivity contribution in [3.8, 4) is 0 Å². The topological polar surface area (TPSA) is 49.3 Å². The molecule has 1 aromatic heterocycles. The number of rotatable bonds is 4. The first kappa shape index (κ1) is 15.0. The summed E-state index contributed by atoms with van der Waals surface area (Å²) in [5.41, 5.74) is 2.65. The highest BCUT2D eigenvalue weighted by Gasteiger charge is 2.31. The fraction of sp³-hybridized carbons (Fsp3) is 0.278. The van der Waals surface area contributed by atoms with E-state index in [9.17, 15) is 9.90 Å². The van der Waals surface area contributed by atoms with Crippen molar-refractivity contribution in [3.63, 3.8) is 0 Å². The first-order valence-corrected chi connectivity index (χ1v) is 8.36. The SMILES string of the molecule is O=C(C=Cc1ccsc1)NCC1(O)CCc2ccccc2C1. The number of aliphatic hydroxyl groups is 1. The van der Waals surface area contributed by atoms with Crippen LogP contribution in [0, 0.1) is 0 Å². The minimum absolute atomic E-state index is 0.168. The van der Waals surface area contributed by atoms with Crippen LogP contribution in [0.1, 0.15) is 23.1 Å². The standard InChI is InChI=1S/C18H19NO2S/c20-17(6-5-14-8-10-22-12-14)19-13-18(21)9-7-15-3-1-2-4-16(15)11-18/h1-6,8,10,12,21H,7,9,11,13H2,(H,19,20). The zero-order chi connectivity index (χ0) is 15.4. The van der Waals surface area contributed by atoms with E-state index >= 15 is 0 Å². The molecule has 0 bridgehead atoms. The van der Waals surface area contributed by atoms with E-state index in [0.717, 1.165) is 12.0 Å². The Kier molecular flexibility index (Phi) is 4.41. The number of benzene rings is 1. The van der Waals surface area contributed by atoms with Gasteiger partial charge in [-0.05, 0) is 52.4 Å². The lowest BCUT2D eigenvalue weighted by atomic mass is 9.80. The van der Waals surface area contributed by atoms with Crippen LogP contribution in [0.2, 0.25) is 0 Å². The van der Waals surface area contributed by atoms with E-state index in [1.54, 1.807) is 17.4 Å². The molecule has 1 heterocycles. The van der Waals surface area contributed by atoms with Crippen molar-refractivity contribution in [2.24, 2.45) is 0 Å². The molecule has 0 spiro atoms. The molecule has 0 saturated heterocycles. The van der Waals surface area contributed by atoms with Gasteiger partial charge >= 0.3 is 0 Å². The van der Waals surface area contributed by atoms with Gasteiger partial charge in [0.05, 0.1) is 5.60 Å². The van der Waals surface area contributed by atoms with Gasteiger partial charge in [-0.2, -0.15) is 11.3 Å². The molecule has 2 N–H and O–H groups in total. The Labute approximate surface area is 134 Å². The first-order chi connectivity index (χ1) is 10.6. The summed E-state index contributed by atoms with van der Waals surface area (Å²) >= 11 is 1.60. The number of carbonyl (C=O) groups excluding carboxylic acids is 1. The Hall–Kier alpha value is -1.91. The van der Waals surface area contributed by atoms with Crippen molar-refractivity contribution >= 4 is 23.3 Å². The largest absolute Gasteiger partial charge is 0.388 e. The van der Waals surface area contributed by atoms with Crippen molar-refractivity contribution in [2.75, 3.05) is 6.54 Å². The second-order valence-corrected chi connectivity index (χ2v) is 6.56. The van der Waals surface area contributed by atoms with E-state index in [1.807, 2.05) is 29.0 Å². The number of hydrogen-bond donors (Lipinski definition) is 2. The second-order valence-electron chi connectivity index (χ2n) is 5.78. The van der Waals surface area contributed by atoms with Gasteiger partial charge in [0.2, 0.25) is 5.91 Å². The summed E-state index contributed by atoms with van der Waals surface area (Å²) in [6, 6.07) is 10.1. The van der Waals surface area contributed by atoms with Gasteiger partial charge in [-0.1, -0.05) is 24.3 Å². The van der Waals surface area contributed by atoms with E-state index in [1.165, 1.54) is 17.2 Å². The number of hydrogen-bond acceptors (Lipinski definition) is 3. The molecule has 1 aliphatic carbocycles. The predicted octanol–water partition coefficient (Wildman–Crippen LogP) is 2.80. The summed E-state index contributed by atoms with van der Waals surface area (Å²) in [5, 5.41) is 17.4. The molecule has 2 aromatic rings. The van der Waals surface area contributed by atoms with E-state index < -0.39 is 5.60 Å². The molecule has 3 nitrogen and oxygen atoms in total. The highest BCUT2D eigenvalue weighted by Crippen LogP contribution is 2.28. The maximum Gasteiger partial charge on any atom is 0.244 e. The van der Waals surface area contributed by atoms with Crippen LogP contribution in [0.4, 0.5) is 0 Å². The number of carbonyl (C=O) groups is 1. The van der Waals surface area contributed by atoms with E-state index in [4.69, 9.17) is 0 Å². The van der Waals surface area contributed by atoms with Crippen LogP contribution in [0.3, 0.4) is 0 Å². The molecule has 1 atom stereocenters. The number of fused-ring (bicyclic) bond motifs is 1. The third kappa shape index (κ3) is 3.64. The lowest BCUT2D eigenvalue weighted by molar-refractivity contribution is -0.117. The molecule has 114 valence electrons. The minimum atomic E-state index is -0.847. The van der Waals surface area contributed by atoms with Crippen LogP contribution in [-0.4, -0.2) is 23.2 Å². The van der Waals surface area contributed by atoms with Gasteiger partial charge in [0.15, 0.2) is 0 Å². The fourth-order valence-electron chi connectivity index (χ4n) is 2.79. The molecule has 1 aromatic carbocycles. The average molecular weight is 313 g/mol. The van der Waals surface area contributed by atoms with Crippen LogP contribution >= 0.6 is 11.3 Å². The lowest BCUT2D eigenvalue weighted by Gasteiger charge is -2.33. The Morgan fingerprint density at radius 3 is 2.91 bits per heavy atom. The van der Waals surface area contributed by atoms with Crippen molar-refractivity contribution in [1.82, 2.24) is 5.32 Å². The summed E-state index contributed by atoms with van der Waals surface area (Å²) < 4.78 is 0. The van der Waals surface area contributed by atoms with Gasteiger partial charge in [0, 0.05) is 19.0 Å². The zero-order valence-electron chi connectivity index (χ0n) is 12.3. The van der Waals surface area contributed by atoms with Crippen molar-refractivity contribution in [3.05, 3.63) is 63.9 Å². The van der Waals surface area contributed by atoms with Gasteiger partial charge in [0.1, 0.15) is 0 Å². The summed E-state index contributed by atoms with van der Waals surface area (Å²) in [6.07, 6.45) is 5.43. The highest BCUT2D eigenvalue weighted by molar-refractivity contribution is 7.08. The second kappa shape index (κ2) is 6.46. The molecule has 1 unspecified atom stereocenters. The van der Waals surface area contributed by atoms with E-state index in [2.05, 4.69) is 17.4 Å². The number of aryl methyl sites for hydroxylation is 1. The van der Waals surface area contributed by atoms with Gasteiger partial charge in [-0.25, -0.2) is 0 Å². The third-order valence-corrected chi connectivity index (χ3v) is 4.76. The monoisotopic (exact) mass is 313 g/mol. The van der Waals surface area contributed by atoms with Crippen LogP contribution in [-0.2, 0) is 17.6 Å². The van der Waals surface area contributed by atoms with Crippen LogP contribution in [0.25, 0.3) is 6.08 Å². The normalized spacial score (nSPS) is 20.8. The summed E-state index contributed by atoms with van der Waals surface area (Å²) in [5.74, 6) is -0.168. The maximum absolute atomic E-state index is 11.9. The molecule has 0 fully saturated rings. The summed E-state index contributed by atoms with van der Waals surface area (Å²) in [6.45, 7) is 0.286. The van der Waals surface area contributed by atoms with Crippen LogP contribution < -0.4 is 5.32 Å². The molecular formula is C18H19NO2S. The molecule has 4 heteroatoms. The average Bonchev–Trinajstić information content (AvgIpc) is 3.04. The Balaban J connectivity index is 1.56. The molecule has 3 rings (SSSR count). The van der Waals surface area contributed by atoms with Gasteiger partial charge in [0.25, 0.3) is 0 Å². The Bertz CT molecular complexity index is 678. The van der Waals surface area contributed by atoms with Gasteiger partial charge < -0.3 is 10.4 Å². The molecular weight excluding hydrogens is 294 g/mol. The van der Waals surface area contributed by atoms with Crippen LogP contribution in [0.5, 0.6) is 0 Å². The quantitative estimate of drug-likeness (QED) is 0.853. The smallest absolute Gasteiger partial charge is 0.244 e. The molecule has 0 saturated carbocycles. The summed E-state index contributed by atoms with van der Waals surface area (Å²) in [4.78, 5) is 11.9. The van der Waals surface area contributed by atoms with Gasteiger partial charge in [-0.15, -0.1) is 0 Å².